The number of nitrogens with one attached hydrogen (secondary N) is 1. The number of nitrogens with zero attached hydrogens (tertiary/aromatic N) is 3. The summed E-state index contributed by atoms with van der Waals surface area (Å²) in [5.74, 6) is 0.597. The minimum atomic E-state index is -0.462. The van der Waals surface area contributed by atoms with Crippen molar-refractivity contribution in [2.45, 2.75) is 45.4 Å². The van der Waals surface area contributed by atoms with Crippen LogP contribution in [0.15, 0.2) is 18.3 Å². The molecule has 136 valence electrons. The summed E-state index contributed by atoms with van der Waals surface area (Å²) in [7, 11) is 0. The lowest BCUT2D eigenvalue weighted by Gasteiger charge is -2.36. The Labute approximate surface area is 148 Å². The summed E-state index contributed by atoms with van der Waals surface area (Å²) in [6.45, 7) is 8.61. The van der Waals surface area contributed by atoms with E-state index in [4.69, 9.17) is 4.74 Å². The lowest BCUT2D eigenvalue weighted by atomic mass is 10.2. The topological polar surface area (TPSA) is 74.8 Å². The van der Waals surface area contributed by atoms with Gasteiger partial charge < -0.3 is 19.9 Å². The van der Waals surface area contributed by atoms with Crippen LogP contribution in [0.3, 0.4) is 0 Å². The second-order valence-corrected chi connectivity index (χ2v) is 6.89. The van der Waals surface area contributed by atoms with Gasteiger partial charge in [-0.15, -0.1) is 0 Å². The van der Waals surface area contributed by atoms with Gasteiger partial charge >= 0.3 is 0 Å². The number of ether oxygens (including phenoxy) is 1. The molecule has 0 spiro atoms. The Morgan fingerprint density at radius 2 is 1.96 bits per heavy atom. The number of morpholine rings is 1. The fourth-order valence-corrected chi connectivity index (χ4v) is 3.45. The lowest BCUT2D eigenvalue weighted by Crippen LogP contribution is -2.46. The van der Waals surface area contributed by atoms with Crippen LogP contribution in [0.2, 0.25) is 0 Å². The second kappa shape index (κ2) is 7.39. The van der Waals surface area contributed by atoms with Gasteiger partial charge in [-0.2, -0.15) is 0 Å². The molecular weight excluding hydrogens is 320 g/mol. The molecule has 1 N–H and O–H groups in total. The van der Waals surface area contributed by atoms with Crippen molar-refractivity contribution in [2.75, 3.05) is 31.1 Å². The van der Waals surface area contributed by atoms with E-state index in [9.17, 15) is 9.59 Å². The predicted octanol–water partition coefficient (Wildman–Crippen LogP) is 1.05. The number of amides is 2. The summed E-state index contributed by atoms with van der Waals surface area (Å²) in [6, 6.07) is 3.21. The van der Waals surface area contributed by atoms with Crippen LogP contribution in [0.25, 0.3) is 0 Å². The molecule has 1 aromatic heterocycles. The van der Waals surface area contributed by atoms with E-state index in [-0.39, 0.29) is 24.0 Å². The van der Waals surface area contributed by atoms with E-state index < -0.39 is 6.04 Å². The molecule has 1 aromatic rings. The van der Waals surface area contributed by atoms with E-state index in [2.05, 4.69) is 15.2 Å². The molecule has 2 fully saturated rings. The van der Waals surface area contributed by atoms with E-state index in [1.165, 1.54) is 0 Å². The van der Waals surface area contributed by atoms with Crippen molar-refractivity contribution in [3.8, 4) is 0 Å². The van der Waals surface area contributed by atoms with Crippen LogP contribution in [0.5, 0.6) is 0 Å². The number of carbonyl (C=O) groups excluding carboxylic acids is 2. The Morgan fingerprint density at radius 3 is 2.60 bits per heavy atom. The zero-order chi connectivity index (χ0) is 18.0. The van der Waals surface area contributed by atoms with Gasteiger partial charge in [0.25, 0.3) is 5.91 Å². The highest BCUT2D eigenvalue weighted by molar-refractivity contribution is 5.97. The Hall–Kier alpha value is -2.15. The van der Waals surface area contributed by atoms with Crippen LogP contribution < -0.4 is 10.2 Å². The maximum absolute atomic E-state index is 12.8. The summed E-state index contributed by atoms with van der Waals surface area (Å²) < 4.78 is 5.74. The zero-order valence-electron chi connectivity index (χ0n) is 15.1. The third-order valence-corrected chi connectivity index (χ3v) is 4.72. The molecule has 0 bridgehead atoms. The molecule has 3 rings (SSSR count). The molecule has 3 atom stereocenters. The van der Waals surface area contributed by atoms with Crippen molar-refractivity contribution in [3.05, 3.63) is 23.9 Å². The molecule has 2 aliphatic heterocycles. The Balaban J connectivity index is 1.73. The maximum Gasteiger partial charge on any atom is 0.256 e. The third kappa shape index (κ3) is 3.92. The van der Waals surface area contributed by atoms with E-state index >= 15 is 0 Å². The highest BCUT2D eigenvalue weighted by Crippen LogP contribution is 2.19. The summed E-state index contributed by atoms with van der Waals surface area (Å²) >= 11 is 0. The molecule has 7 nitrogen and oxygen atoms in total. The van der Waals surface area contributed by atoms with Gasteiger partial charge in [-0.3, -0.25) is 9.59 Å². The maximum atomic E-state index is 12.8. The second-order valence-electron chi connectivity index (χ2n) is 6.89. The van der Waals surface area contributed by atoms with Crippen LogP contribution in [0.4, 0.5) is 5.82 Å². The number of pyridine rings is 1. The Bertz CT molecular complexity index is 624. The smallest absolute Gasteiger partial charge is 0.256 e. The molecule has 0 aromatic carbocycles. The summed E-state index contributed by atoms with van der Waals surface area (Å²) in [6.07, 6.45) is 2.68. The first-order valence-corrected chi connectivity index (χ1v) is 8.91. The van der Waals surface area contributed by atoms with Gasteiger partial charge in [-0.1, -0.05) is 0 Å². The van der Waals surface area contributed by atoms with Gasteiger partial charge in [0.2, 0.25) is 5.91 Å². The molecule has 25 heavy (non-hydrogen) atoms. The quantitative estimate of drug-likeness (QED) is 0.866. The molecule has 7 heteroatoms. The number of anilines is 1. The molecule has 0 aliphatic carbocycles. The van der Waals surface area contributed by atoms with Crippen LogP contribution in [0.1, 0.15) is 37.6 Å². The van der Waals surface area contributed by atoms with Crippen molar-refractivity contribution < 1.29 is 14.3 Å². The van der Waals surface area contributed by atoms with Crippen LogP contribution >= 0.6 is 0 Å². The number of carbonyl (C=O) groups is 2. The summed E-state index contributed by atoms with van der Waals surface area (Å²) in [4.78, 5) is 33.0. The predicted molar refractivity (Wildman–Crippen MR) is 94.6 cm³/mol. The molecule has 2 aliphatic rings. The van der Waals surface area contributed by atoms with Crippen LogP contribution in [-0.4, -0.2) is 66.1 Å². The normalized spacial score (nSPS) is 27.6. The van der Waals surface area contributed by atoms with Gasteiger partial charge in [-0.25, -0.2) is 4.98 Å². The summed E-state index contributed by atoms with van der Waals surface area (Å²) in [5, 5.41) is 2.82. The molecular formula is C18H26N4O3. The van der Waals surface area contributed by atoms with Crippen molar-refractivity contribution in [1.82, 2.24) is 15.2 Å². The standard InChI is InChI=1S/C18H26N4O3/c1-12-10-21(11-13(2)25-12)16-6-5-15(9-20-16)18(24)22-8-4-7-19-17(23)14(22)3/h5-6,9,12-14H,4,7-8,10-11H2,1-3H3,(H,19,23)/t12-,13-,14-/m1/s1. The molecule has 2 amide bonds. The average Bonchev–Trinajstić information content (AvgIpc) is 2.75. The first-order chi connectivity index (χ1) is 12.0. The minimum absolute atomic E-state index is 0.105. The Kier molecular flexibility index (Phi) is 5.22. The van der Waals surface area contributed by atoms with Gasteiger partial charge in [0, 0.05) is 32.4 Å². The fourth-order valence-electron chi connectivity index (χ4n) is 3.45. The lowest BCUT2D eigenvalue weighted by molar-refractivity contribution is -0.124. The van der Waals surface area contributed by atoms with Crippen molar-refractivity contribution in [3.63, 3.8) is 0 Å². The van der Waals surface area contributed by atoms with E-state index in [1.54, 1.807) is 24.1 Å². The van der Waals surface area contributed by atoms with Crippen molar-refractivity contribution in [2.24, 2.45) is 0 Å². The number of hydrogen-bond donors (Lipinski definition) is 1. The molecule has 2 saturated heterocycles. The van der Waals surface area contributed by atoms with E-state index in [1.807, 2.05) is 19.9 Å². The molecule has 0 unspecified atom stereocenters. The molecule has 0 radical (unpaired) electrons. The largest absolute Gasteiger partial charge is 0.372 e. The van der Waals surface area contributed by atoms with Crippen LogP contribution in [-0.2, 0) is 9.53 Å². The minimum Gasteiger partial charge on any atom is -0.372 e. The number of hydrogen-bond acceptors (Lipinski definition) is 5. The van der Waals surface area contributed by atoms with E-state index in [0.29, 0.717) is 18.7 Å². The van der Waals surface area contributed by atoms with Gasteiger partial charge in [0.1, 0.15) is 11.9 Å². The zero-order valence-corrected chi connectivity index (χ0v) is 15.1. The Morgan fingerprint density at radius 1 is 1.24 bits per heavy atom. The fraction of sp³-hybridized carbons (Fsp3) is 0.611. The van der Waals surface area contributed by atoms with Crippen molar-refractivity contribution >= 4 is 17.6 Å². The SMILES string of the molecule is C[C@@H]1CN(c2ccc(C(=O)N3CCCNC(=O)[C@H]3C)cn2)C[C@@H](C)O1. The highest BCUT2D eigenvalue weighted by atomic mass is 16.5. The van der Waals surface area contributed by atoms with Gasteiger partial charge in [-0.05, 0) is 39.3 Å². The van der Waals surface area contributed by atoms with Gasteiger partial charge in [0.15, 0.2) is 0 Å². The first kappa shape index (κ1) is 17.7. The van der Waals surface area contributed by atoms with Gasteiger partial charge in [0.05, 0.1) is 17.8 Å². The highest BCUT2D eigenvalue weighted by Gasteiger charge is 2.29. The monoisotopic (exact) mass is 346 g/mol. The van der Waals surface area contributed by atoms with Crippen molar-refractivity contribution in [1.29, 1.82) is 0 Å². The number of rotatable bonds is 2. The summed E-state index contributed by atoms with van der Waals surface area (Å²) in [5.41, 5.74) is 0.514. The number of aromatic nitrogens is 1. The first-order valence-electron chi connectivity index (χ1n) is 8.91. The molecule has 3 heterocycles. The average molecular weight is 346 g/mol. The van der Waals surface area contributed by atoms with E-state index in [0.717, 1.165) is 25.3 Å². The third-order valence-electron chi connectivity index (χ3n) is 4.72. The van der Waals surface area contributed by atoms with Crippen LogP contribution in [0, 0.1) is 0 Å². The molecule has 0 saturated carbocycles.